The Balaban J connectivity index is 1.69. The second-order valence-electron chi connectivity index (χ2n) is 6.24. The van der Waals surface area contributed by atoms with Gasteiger partial charge in [0.15, 0.2) is 0 Å². The summed E-state index contributed by atoms with van der Waals surface area (Å²) in [6.07, 6.45) is -4.92. The van der Waals surface area contributed by atoms with E-state index in [-0.39, 0.29) is 4.90 Å². The molecule has 1 N–H and O–H groups in total. The van der Waals surface area contributed by atoms with Crippen molar-refractivity contribution in [1.82, 2.24) is 4.98 Å². The summed E-state index contributed by atoms with van der Waals surface area (Å²) in [5, 5.41) is 2.79. The van der Waals surface area contributed by atoms with Crippen molar-refractivity contribution in [2.24, 2.45) is 0 Å². The molecule has 0 aliphatic rings. The van der Waals surface area contributed by atoms with Gasteiger partial charge in [0.2, 0.25) is 0 Å². The maximum absolute atomic E-state index is 12.8. The molecular weight excluding hydrogens is 457 g/mol. The topological polar surface area (TPSA) is 68.3 Å². The lowest BCUT2D eigenvalue weighted by Gasteiger charge is -2.11. The second kappa shape index (κ2) is 7.56. The number of nitrogens with zero attached hydrogens (tertiary/aromatic N) is 1. The van der Waals surface area contributed by atoms with Crippen LogP contribution in [0.5, 0.6) is 5.75 Å². The van der Waals surface area contributed by atoms with E-state index in [9.17, 15) is 21.6 Å². The normalized spacial score (nSPS) is 12.3. The number of rotatable bonds is 5. The maximum Gasteiger partial charge on any atom is 0.573 e. The van der Waals surface area contributed by atoms with Crippen molar-refractivity contribution in [2.75, 3.05) is 4.72 Å². The van der Waals surface area contributed by atoms with E-state index in [1.54, 1.807) is 5.38 Å². The van der Waals surface area contributed by atoms with Crippen LogP contribution in [0.1, 0.15) is 5.56 Å². The Morgan fingerprint density at radius 3 is 2.60 bits per heavy atom. The predicted octanol–water partition coefficient (Wildman–Crippen LogP) is 6.03. The molecule has 0 spiro atoms. The number of para-hydroxylation sites is 1. The molecule has 4 rings (SSSR count). The lowest BCUT2D eigenvalue weighted by molar-refractivity contribution is -0.274. The number of nitrogens with one attached hydrogen (secondary N) is 1. The van der Waals surface area contributed by atoms with Crippen molar-refractivity contribution in [1.29, 1.82) is 0 Å². The van der Waals surface area contributed by atoms with Crippen molar-refractivity contribution < 1.29 is 26.3 Å². The predicted molar refractivity (Wildman–Crippen MR) is 112 cm³/mol. The van der Waals surface area contributed by atoms with Gasteiger partial charge in [-0.05, 0) is 42.1 Å². The third-order valence-corrected chi connectivity index (χ3v) is 7.60. The van der Waals surface area contributed by atoms with Crippen LogP contribution in [0, 0.1) is 6.92 Å². The SMILES string of the molecule is Cc1csc(NS(=O)(=O)c2cccc(OC(F)(F)F)c2)c1-c1nc2ccccc2s1. The van der Waals surface area contributed by atoms with Gasteiger partial charge in [-0.15, -0.1) is 35.8 Å². The molecule has 2 aromatic carbocycles. The Labute approximate surface area is 177 Å². The van der Waals surface area contributed by atoms with Crippen LogP contribution in [0.25, 0.3) is 20.8 Å². The van der Waals surface area contributed by atoms with E-state index in [1.807, 2.05) is 31.2 Å². The largest absolute Gasteiger partial charge is 0.573 e. The molecule has 4 aromatic rings. The molecule has 11 heteroatoms. The lowest BCUT2D eigenvalue weighted by atomic mass is 10.2. The van der Waals surface area contributed by atoms with E-state index >= 15 is 0 Å². The van der Waals surface area contributed by atoms with Crippen LogP contribution in [0.3, 0.4) is 0 Å². The molecule has 0 atom stereocenters. The van der Waals surface area contributed by atoms with Gasteiger partial charge in [0.25, 0.3) is 10.0 Å². The zero-order valence-electron chi connectivity index (χ0n) is 15.2. The Bertz CT molecular complexity index is 1290. The molecule has 2 heterocycles. The maximum atomic E-state index is 12.8. The van der Waals surface area contributed by atoms with Crippen LogP contribution in [0.2, 0.25) is 0 Å². The number of aryl methyl sites for hydroxylation is 1. The van der Waals surface area contributed by atoms with Gasteiger partial charge in [0, 0.05) is 11.6 Å². The number of hydrogen-bond donors (Lipinski definition) is 1. The van der Waals surface area contributed by atoms with E-state index in [0.717, 1.165) is 27.9 Å². The van der Waals surface area contributed by atoms with Gasteiger partial charge in [-0.3, -0.25) is 4.72 Å². The summed E-state index contributed by atoms with van der Waals surface area (Å²) in [6, 6.07) is 11.8. The summed E-state index contributed by atoms with van der Waals surface area (Å²) in [4.78, 5) is 4.24. The van der Waals surface area contributed by atoms with Crippen LogP contribution in [-0.2, 0) is 10.0 Å². The van der Waals surface area contributed by atoms with Crippen molar-refractivity contribution in [2.45, 2.75) is 18.2 Å². The number of aromatic nitrogens is 1. The fourth-order valence-corrected chi connectivity index (χ4v) is 6.23. The first-order valence-electron chi connectivity index (χ1n) is 8.45. The zero-order valence-corrected chi connectivity index (χ0v) is 17.7. The molecular formula is C19H13F3N2O3S3. The molecule has 0 amide bonds. The van der Waals surface area contributed by atoms with E-state index < -0.39 is 22.1 Å². The smallest absolute Gasteiger partial charge is 0.406 e. The minimum atomic E-state index is -4.92. The van der Waals surface area contributed by atoms with Gasteiger partial charge in [0.05, 0.1) is 15.1 Å². The van der Waals surface area contributed by atoms with Crippen molar-refractivity contribution >= 4 is 47.9 Å². The third kappa shape index (κ3) is 4.27. The number of benzene rings is 2. The fourth-order valence-electron chi connectivity index (χ4n) is 2.78. The van der Waals surface area contributed by atoms with E-state index in [4.69, 9.17) is 0 Å². The number of fused-ring (bicyclic) bond motifs is 1. The van der Waals surface area contributed by atoms with Crippen LogP contribution < -0.4 is 9.46 Å². The molecule has 0 unspecified atom stereocenters. The lowest BCUT2D eigenvalue weighted by Crippen LogP contribution is -2.18. The molecule has 30 heavy (non-hydrogen) atoms. The highest BCUT2D eigenvalue weighted by atomic mass is 32.2. The Morgan fingerprint density at radius 2 is 1.87 bits per heavy atom. The quantitative estimate of drug-likeness (QED) is 0.387. The van der Waals surface area contributed by atoms with Gasteiger partial charge in [-0.2, -0.15) is 0 Å². The second-order valence-corrected chi connectivity index (χ2v) is 9.83. The average Bonchev–Trinajstić information content (AvgIpc) is 3.23. The van der Waals surface area contributed by atoms with Crippen molar-refractivity contribution in [3.05, 3.63) is 59.5 Å². The summed E-state index contributed by atoms with van der Waals surface area (Å²) < 4.78 is 70.3. The van der Waals surface area contributed by atoms with Gasteiger partial charge in [0.1, 0.15) is 15.8 Å². The average molecular weight is 471 g/mol. The van der Waals surface area contributed by atoms with E-state index in [0.29, 0.717) is 15.6 Å². The molecule has 0 saturated carbocycles. The van der Waals surface area contributed by atoms with Gasteiger partial charge in [-0.1, -0.05) is 18.2 Å². The standard InChI is InChI=1S/C19H13F3N2O3S3/c1-11-10-28-18(16(11)17-23-14-7-2-3-8-15(14)29-17)24-30(25,26)13-6-4-5-12(9-13)27-19(20,21)22/h2-10,24H,1H3. The number of hydrogen-bond acceptors (Lipinski definition) is 6. The summed E-state index contributed by atoms with van der Waals surface area (Å²) in [6.45, 7) is 1.84. The molecule has 0 fully saturated rings. The summed E-state index contributed by atoms with van der Waals surface area (Å²) in [7, 11) is -4.15. The molecule has 0 radical (unpaired) electrons. The van der Waals surface area contributed by atoms with Crippen LogP contribution >= 0.6 is 22.7 Å². The summed E-state index contributed by atoms with van der Waals surface area (Å²) >= 11 is 2.61. The Hall–Kier alpha value is -2.63. The summed E-state index contributed by atoms with van der Waals surface area (Å²) in [5.74, 6) is -0.612. The first kappa shape index (κ1) is 20.6. The highest BCUT2D eigenvalue weighted by Gasteiger charge is 2.31. The Kier molecular flexibility index (Phi) is 5.20. The molecule has 156 valence electrons. The van der Waals surface area contributed by atoms with Crippen LogP contribution in [0.15, 0.2) is 58.8 Å². The van der Waals surface area contributed by atoms with Crippen molar-refractivity contribution in [3.8, 4) is 16.3 Å². The minimum Gasteiger partial charge on any atom is -0.406 e. The van der Waals surface area contributed by atoms with Gasteiger partial charge >= 0.3 is 6.36 Å². The number of thiophene rings is 1. The monoisotopic (exact) mass is 470 g/mol. The van der Waals surface area contributed by atoms with E-state index in [2.05, 4.69) is 14.4 Å². The molecule has 2 aromatic heterocycles. The molecule has 0 aliphatic heterocycles. The first-order valence-corrected chi connectivity index (χ1v) is 11.6. The van der Waals surface area contributed by atoms with Gasteiger partial charge in [-0.25, -0.2) is 13.4 Å². The number of ether oxygens (including phenoxy) is 1. The number of halogens is 3. The van der Waals surface area contributed by atoms with Crippen molar-refractivity contribution in [3.63, 3.8) is 0 Å². The minimum absolute atomic E-state index is 0.341. The first-order chi connectivity index (χ1) is 14.1. The molecule has 0 aliphatic carbocycles. The summed E-state index contributed by atoms with van der Waals surface area (Å²) in [5.41, 5.74) is 2.28. The van der Waals surface area contributed by atoms with Gasteiger partial charge < -0.3 is 4.74 Å². The van der Waals surface area contributed by atoms with E-state index in [1.165, 1.54) is 34.8 Å². The molecule has 0 bridgehead atoms. The molecule has 0 saturated heterocycles. The molecule has 5 nitrogen and oxygen atoms in total. The van der Waals surface area contributed by atoms with Crippen LogP contribution in [0.4, 0.5) is 18.2 Å². The number of thiazole rings is 1. The zero-order chi connectivity index (χ0) is 21.5. The number of anilines is 1. The number of alkyl halides is 3. The third-order valence-electron chi connectivity index (χ3n) is 4.06. The highest BCUT2D eigenvalue weighted by molar-refractivity contribution is 7.93. The fraction of sp³-hybridized carbons (Fsp3) is 0.105. The Morgan fingerprint density at radius 1 is 1.10 bits per heavy atom. The number of sulfonamides is 1. The van der Waals surface area contributed by atoms with Crippen LogP contribution in [-0.4, -0.2) is 19.8 Å². The highest BCUT2D eigenvalue weighted by Crippen LogP contribution is 2.41.